The number of benzene rings is 1. The van der Waals surface area contributed by atoms with Crippen molar-refractivity contribution in [3.8, 4) is 28.1 Å². The number of phenolic OH excluding ortho intramolecular Hbond substituents is 1. The molecule has 100 valence electrons. The minimum Gasteiger partial charge on any atom is -0.507 e. The summed E-state index contributed by atoms with van der Waals surface area (Å²) in [5, 5.41) is 23.7. The lowest BCUT2D eigenvalue weighted by molar-refractivity contribution is 0.477. The minimum absolute atomic E-state index is 0.0250. The van der Waals surface area contributed by atoms with Gasteiger partial charge in [-0.25, -0.2) is 4.98 Å². The molecular formula is C13H10FN5O. The van der Waals surface area contributed by atoms with E-state index < -0.39 is 5.95 Å². The molecule has 0 fully saturated rings. The first-order valence-electron chi connectivity index (χ1n) is 5.84. The minimum atomic E-state index is -0.547. The van der Waals surface area contributed by atoms with Crippen LogP contribution in [0.25, 0.3) is 22.4 Å². The summed E-state index contributed by atoms with van der Waals surface area (Å²) in [6.07, 6.45) is 2.88. The van der Waals surface area contributed by atoms with E-state index in [0.717, 1.165) is 0 Å². The molecule has 0 aliphatic heterocycles. The van der Waals surface area contributed by atoms with Crippen molar-refractivity contribution >= 4 is 0 Å². The normalized spacial score (nSPS) is 10.7. The Kier molecular flexibility index (Phi) is 2.86. The molecule has 1 aromatic carbocycles. The molecule has 0 spiro atoms. The van der Waals surface area contributed by atoms with Crippen LogP contribution >= 0.6 is 0 Å². The number of aromatic hydroxyl groups is 1. The van der Waals surface area contributed by atoms with Crippen LogP contribution in [0.1, 0.15) is 5.82 Å². The molecule has 0 radical (unpaired) electrons. The lowest BCUT2D eigenvalue weighted by Gasteiger charge is -2.05. The fourth-order valence-electron chi connectivity index (χ4n) is 1.84. The Morgan fingerprint density at radius 2 is 2.00 bits per heavy atom. The summed E-state index contributed by atoms with van der Waals surface area (Å²) >= 11 is 0. The van der Waals surface area contributed by atoms with Gasteiger partial charge in [0.1, 0.15) is 17.3 Å². The number of rotatable bonds is 2. The van der Waals surface area contributed by atoms with E-state index in [2.05, 4.69) is 25.4 Å². The van der Waals surface area contributed by atoms with Crippen LogP contribution in [0.3, 0.4) is 0 Å². The number of aromatic amines is 1. The first-order chi connectivity index (χ1) is 9.65. The van der Waals surface area contributed by atoms with Crippen LogP contribution in [0.4, 0.5) is 4.39 Å². The Morgan fingerprint density at radius 3 is 2.60 bits per heavy atom. The van der Waals surface area contributed by atoms with Crippen molar-refractivity contribution in [3.05, 3.63) is 42.4 Å². The molecule has 2 N–H and O–H groups in total. The third-order valence-corrected chi connectivity index (χ3v) is 2.85. The van der Waals surface area contributed by atoms with E-state index in [1.807, 2.05) is 0 Å². The largest absolute Gasteiger partial charge is 0.507 e. The molecule has 2 aromatic heterocycles. The summed E-state index contributed by atoms with van der Waals surface area (Å²) in [5.74, 6) is -0.0256. The topological polar surface area (TPSA) is 87.6 Å². The summed E-state index contributed by atoms with van der Waals surface area (Å²) < 4.78 is 13.4. The van der Waals surface area contributed by atoms with Gasteiger partial charge in [0.2, 0.25) is 5.95 Å². The monoisotopic (exact) mass is 271 g/mol. The van der Waals surface area contributed by atoms with Gasteiger partial charge < -0.3 is 5.11 Å². The summed E-state index contributed by atoms with van der Waals surface area (Å²) in [4.78, 5) is 4.02. The zero-order valence-corrected chi connectivity index (χ0v) is 10.5. The predicted molar refractivity (Wildman–Crippen MR) is 69.2 cm³/mol. The third-order valence-electron chi connectivity index (χ3n) is 2.85. The van der Waals surface area contributed by atoms with Crippen molar-refractivity contribution < 1.29 is 9.50 Å². The Bertz CT molecular complexity index is 754. The standard InChI is InChI=1S/C13H10FN5O/c1-7-15-6-11(18-17-7)9-3-2-8(4-12(9)20)10-5-16-19-13(10)14/h2-6,20H,1H3,(H,16,19). The number of hydrogen-bond donors (Lipinski definition) is 2. The highest BCUT2D eigenvalue weighted by molar-refractivity contribution is 5.73. The molecular weight excluding hydrogens is 261 g/mol. The van der Waals surface area contributed by atoms with Crippen molar-refractivity contribution in [1.82, 2.24) is 25.4 Å². The van der Waals surface area contributed by atoms with E-state index >= 15 is 0 Å². The van der Waals surface area contributed by atoms with Crippen LogP contribution in [0.5, 0.6) is 5.75 Å². The second-order valence-electron chi connectivity index (χ2n) is 4.22. The first kappa shape index (κ1) is 12.2. The highest BCUT2D eigenvalue weighted by Gasteiger charge is 2.12. The summed E-state index contributed by atoms with van der Waals surface area (Å²) in [5.41, 5.74) is 1.75. The van der Waals surface area contributed by atoms with Crippen molar-refractivity contribution in [2.24, 2.45) is 0 Å². The van der Waals surface area contributed by atoms with Gasteiger partial charge in [-0.05, 0) is 24.6 Å². The van der Waals surface area contributed by atoms with Gasteiger partial charge in [0.05, 0.1) is 18.0 Å². The van der Waals surface area contributed by atoms with Crippen LogP contribution in [-0.4, -0.2) is 30.5 Å². The Balaban J connectivity index is 2.04. The van der Waals surface area contributed by atoms with Crippen LogP contribution < -0.4 is 0 Å². The zero-order valence-electron chi connectivity index (χ0n) is 10.5. The number of aromatic nitrogens is 5. The lowest BCUT2D eigenvalue weighted by atomic mass is 10.0. The average Bonchev–Trinajstić information content (AvgIpc) is 2.86. The molecule has 0 aliphatic rings. The van der Waals surface area contributed by atoms with Gasteiger partial charge in [0, 0.05) is 5.56 Å². The van der Waals surface area contributed by atoms with Crippen molar-refractivity contribution in [2.75, 3.05) is 0 Å². The number of phenols is 1. The predicted octanol–water partition coefficient (Wildman–Crippen LogP) is 2.08. The van der Waals surface area contributed by atoms with Gasteiger partial charge >= 0.3 is 0 Å². The maximum atomic E-state index is 13.4. The molecule has 20 heavy (non-hydrogen) atoms. The van der Waals surface area contributed by atoms with Gasteiger partial charge in [-0.15, -0.1) is 10.2 Å². The summed E-state index contributed by atoms with van der Waals surface area (Å²) in [6.45, 7) is 1.72. The van der Waals surface area contributed by atoms with Gasteiger partial charge in [-0.1, -0.05) is 6.07 Å². The third kappa shape index (κ3) is 2.09. The van der Waals surface area contributed by atoms with Crippen LogP contribution in [-0.2, 0) is 0 Å². The second kappa shape index (κ2) is 4.69. The smallest absolute Gasteiger partial charge is 0.216 e. The van der Waals surface area contributed by atoms with Crippen molar-refractivity contribution in [2.45, 2.75) is 6.92 Å². The summed E-state index contributed by atoms with van der Waals surface area (Å²) in [7, 11) is 0. The number of nitrogens with zero attached hydrogens (tertiary/aromatic N) is 4. The van der Waals surface area contributed by atoms with E-state index in [0.29, 0.717) is 28.2 Å². The van der Waals surface area contributed by atoms with E-state index in [-0.39, 0.29) is 5.75 Å². The number of H-pyrrole nitrogens is 1. The van der Waals surface area contributed by atoms with Gasteiger partial charge in [0.15, 0.2) is 0 Å². The molecule has 0 saturated carbocycles. The van der Waals surface area contributed by atoms with E-state index in [9.17, 15) is 9.50 Å². The highest BCUT2D eigenvalue weighted by Crippen LogP contribution is 2.32. The quantitative estimate of drug-likeness (QED) is 0.745. The maximum absolute atomic E-state index is 13.4. The Labute approximate surface area is 113 Å². The average molecular weight is 271 g/mol. The van der Waals surface area contributed by atoms with Crippen LogP contribution in [0, 0.1) is 12.9 Å². The number of hydrogen-bond acceptors (Lipinski definition) is 5. The number of nitrogens with one attached hydrogen (secondary N) is 1. The highest BCUT2D eigenvalue weighted by atomic mass is 19.1. The molecule has 0 saturated heterocycles. The first-order valence-corrected chi connectivity index (χ1v) is 5.84. The zero-order chi connectivity index (χ0) is 14.1. The number of halogens is 1. The lowest BCUT2D eigenvalue weighted by Crippen LogP contribution is -1.94. The molecule has 0 aliphatic carbocycles. The Hall–Kier alpha value is -2.83. The molecule has 6 nitrogen and oxygen atoms in total. The van der Waals surface area contributed by atoms with Crippen molar-refractivity contribution in [1.29, 1.82) is 0 Å². The molecule has 0 atom stereocenters. The van der Waals surface area contributed by atoms with E-state index in [4.69, 9.17) is 0 Å². The molecule has 0 amide bonds. The fourth-order valence-corrected chi connectivity index (χ4v) is 1.84. The van der Waals surface area contributed by atoms with Gasteiger partial charge in [0.25, 0.3) is 0 Å². The van der Waals surface area contributed by atoms with E-state index in [1.165, 1.54) is 18.5 Å². The van der Waals surface area contributed by atoms with Crippen LogP contribution in [0.15, 0.2) is 30.6 Å². The molecule has 3 aromatic rings. The van der Waals surface area contributed by atoms with Crippen LogP contribution in [0.2, 0.25) is 0 Å². The van der Waals surface area contributed by atoms with Crippen molar-refractivity contribution in [3.63, 3.8) is 0 Å². The number of aryl methyl sites for hydroxylation is 1. The SMILES string of the molecule is Cc1ncc(-c2ccc(-c3cn[nH]c3F)cc2O)nn1. The Morgan fingerprint density at radius 1 is 1.15 bits per heavy atom. The molecule has 7 heteroatoms. The summed E-state index contributed by atoms with van der Waals surface area (Å²) in [6, 6.07) is 4.76. The second-order valence-corrected chi connectivity index (χ2v) is 4.22. The maximum Gasteiger partial charge on any atom is 0.216 e. The van der Waals surface area contributed by atoms with Gasteiger partial charge in [-0.3, -0.25) is 5.10 Å². The van der Waals surface area contributed by atoms with Gasteiger partial charge in [-0.2, -0.15) is 9.49 Å². The molecule has 0 unspecified atom stereocenters. The molecule has 3 rings (SSSR count). The fraction of sp³-hybridized carbons (Fsp3) is 0.0769. The molecule has 2 heterocycles. The van der Waals surface area contributed by atoms with E-state index in [1.54, 1.807) is 19.1 Å². The molecule has 0 bridgehead atoms.